The first-order valence-electron chi connectivity index (χ1n) is 8.95. The van der Waals surface area contributed by atoms with Gasteiger partial charge in [0.15, 0.2) is 5.16 Å². The van der Waals surface area contributed by atoms with Gasteiger partial charge in [0.1, 0.15) is 18.0 Å². The minimum Gasteiger partial charge on any atom is -0.311 e. The molecule has 0 aliphatic carbocycles. The standard InChI is InChI=1S/C19H15F2N5O3S/c1-24-10-22-23-19(24)30-17-5-4-11(7-16(17)26(28)29)18(27)25-6-2-3-13-14(21)8-12(20)9-15(13)25/h4-5,7-10H,2-3,6H2,1H3. The number of halogens is 2. The Kier molecular flexibility index (Phi) is 5.20. The first-order valence-corrected chi connectivity index (χ1v) is 9.77. The van der Waals surface area contributed by atoms with Crippen LogP contribution in [0.3, 0.4) is 0 Å². The number of hydrogen-bond acceptors (Lipinski definition) is 6. The fourth-order valence-electron chi connectivity index (χ4n) is 3.32. The van der Waals surface area contributed by atoms with Gasteiger partial charge in [-0.15, -0.1) is 10.2 Å². The molecule has 0 bridgehead atoms. The average molecular weight is 431 g/mol. The van der Waals surface area contributed by atoms with Crippen molar-refractivity contribution in [2.45, 2.75) is 22.9 Å². The van der Waals surface area contributed by atoms with Crippen molar-refractivity contribution >= 4 is 29.0 Å². The van der Waals surface area contributed by atoms with Gasteiger partial charge >= 0.3 is 0 Å². The highest BCUT2D eigenvalue weighted by Crippen LogP contribution is 2.36. The number of anilines is 1. The number of nitro benzene ring substituents is 1. The Morgan fingerprint density at radius 1 is 1.27 bits per heavy atom. The highest BCUT2D eigenvalue weighted by atomic mass is 32.2. The summed E-state index contributed by atoms with van der Waals surface area (Å²) in [6.07, 6.45) is 2.36. The molecular formula is C19H15F2N5O3S. The molecule has 0 N–H and O–H groups in total. The topological polar surface area (TPSA) is 94.2 Å². The van der Waals surface area contributed by atoms with E-state index in [9.17, 15) is 23.7 Å². The van der Waals surface area contributed by atoms with Crippen LogP contribution >= 0.6 is 11.8 Å². The maximum Gasteiger partial charge on any atom is 0.284 e. The molecule has 0 spiro atoms. The van der Waals surface area contributed by atoms with Crippen LogP contribution in [0.5, 0.6) is 0 Å². The van der Waals surface area contributed by atoms with E-state index < -0.39 is 22.5 Å². The monoisotopic (exact) mass is 431 g/mol. The Bertz CT molecular complexity index is 1170. The number of aryl methyl sites for hydroxylation is 1. The lowest BCUT2D eigenvalue weighted by atomic mass is 10.00. The summed E-state index contributed by atoms with van der Waals surface area (Å²) < 4.78 is 29.5. The number of fused-ring (bicyclic) bond motifs is 1. The third-order valence-corrected chi connectivity index (χ3v) is 5.87. The van der Waals surface area contributed by atoms with E-state index in [1.807, 2.05) is 0 Å². The third kappa shape index (κ3) is 3.63. The van der Waals surface area contributed by atoms with E-state index in [1.54, 1.807) is 11.6 Å². The maximum atomic E-state index is 14.1. The molecule has 0 saturated heterocycles. The van der Waals surface area contributed by atoms with Crippen molar-refractivity contribution in [3.8, 4) is 0 Å². The molecule has 154 valence electrons. The second kappa shape index (κ2) is 7.82. The van der Waals surface area contributed by atoms with Crippen LogP contribution in [0.15, 0.2) is 46.7 Å². The van der Waals surface area contributed by atoms with E-state index in [0.29, 0.717) is 22.9 Å². The van der Waals surface area contributed by atoms with Gasteiger partial charge in [0.2, 0.25) is 0 Å². The van der Waals surface area contributed by atoms with Crippen LogP contribution in [0.4, 0.5) is 20.2 Å². The number of rotatable bonds is 4. The fraction of sp³-hybridized carbons (Fsp3) is 0.211. The molecule has 4 rings (SSSR count). The smallest absolute Gasteiger partial charge is 0.284 e. The minimum atomic E-state index is -0.785. The number of amides is 1. The van der Waals surface area contributed by atoms with Crippen molar-refractivity contribution < 1.29 is 18.5 Å². The lowest BCUT2D eigenvalue weighted by molar-refractivity contribution is -0.387. The van der Waals surface area contributed by atoms with Gasteiger partial charge in [-0.1, -0.05) is 0 Å². The zero-order chi connectivity index (χ0) is 21.4. The van der Waals surface area contributed by atoms with Crippen LogP contribution in [0.1, 0.15) is 22.3 Å². The molecule has 3 aromatic rings. The third-order valence-electron chi connectivity index (χ3n) is 4.75. The molecule has 1 aliphatic rings. The highest BCUT2D eigenvalue weighted by molar-refractivity contribution is 7.99. The second-order valence-corrected chi connectivity index (χ2v) is 7.72. The molecule has 0 atom stereocenters. The summed E-state index contributed by atoms with van der Waals surface area (Å²) in [4.78, 5) is 25.6. The molecule has 30 heavy (non-hydrogen) atoms. The van der Waals surface area contributed by atoms with Gasteiger partial charge in [-0.05, 0) is 42.8 Å². The predicted octanol–water partition coefficient (Wildman–Crippen LogP) is 3.75. The van der Waals surface area contributed by atoms with Crippen LogP contribution in [-0.4, -0.2) is 32.1 Å². The van der Waals surface area contributed by atoms with E-state index in [2.05, 4.69) is 10.2 Å². The summed E-state index contributed by atoms with van der Waals surface area (Å²) in [7, 11) is 1.71. The molecule has 11 heteroatoms. The summed E-state index contributed by atoms with van der Waals surface area (Å²) >= 11 is 1.05. The van der Waals surface area contributed by atoms with Crippen molar-refractivity contribution in [1.82, 2.24) is 14.8 Å². The molecule has 0 unspecified atom stereocenters. The molecule has 0 saturated carbocycles. The number of aromatic nitrogens is 3. The van der Waals surface area contributed by atoms with Gasteiger partial charge in [0.05, 0.1) is 15.5 Å². The van der Waals surface area contributed by atoms with Crippen LogP contribution in [0, 0.1) is 21.7 Å². The van der Waals surface area contributed by atoms with Gasteiger partial charge in [-0.3, -0.25) is 14.9 Å². The number of nitrogens with zero attached hydrogens (tertiary/aromatic N) is 5. The van der Waals surface area contributed by atoms with Crippen LogP contribution in [0.2, 0.25) is 0 Å². The average Bonchev–Trinajstić information content (AvgIpc) is 3.11. The van der Waals surface area contributed by atoms with Crippen LogP contribution in [-0.2, 0) is 13.5 Å². The summed E-state index contributed by atoms with van der Waals surface area (Å²) in [5, 5.41) is 19.7. The van der Waals surface area contributed by atoms with Gasteiger partial charge in [-0.2, -0.15) is 0 Å². The molecule has 8 nitrogen and oxygen atoms in total. The van der Waals surface area contributed by atoms with Crippen molar-refractivity contribution in [3.05, 3.63) is 69.5 Å². The Hall–Kier alpha value is -3.34. The number of nitro groups is 1. The predicted molar refractivity (Wildman–Crippen MR) is 105 cm³/mol. The van der Waals surface area contributed by atoms with Crippen molar-refractivity contribution in [2.24, 2.45) is 7.05 Å². The molecule has 1 aromatic heterocycles. The van der Waals surface area contributed by atoms with Crippen molar-refractivity contribution in [2.75, 3.05) is 11.4 Å². The summed E-state index contributed by atoms with van der Waals surface area (Å²) in [6, 6.07) is 5.99. The maximum absolute atomic E-state index is 14.1. The number of carbonyl (C=O) groups is 1. The Balaban J connectivity index is 1.70. The normalized spacial score (nSPS) is 13.2. The Labute approximate surface area is 173 Å². The number of hydrogen-bond donors (Lipinski definition) is 0. The highest BCUT2D eigenvalue weighted by Gasteiger charge is 2.28. The Morgan fingerprint density at radius 2 is 2.07 bits per heavy atom. The zero-order valence-electron chi connectivity index (χ0n) is 15.7. The number of carbonyl (C=O) groups excluding carboxylic acids is 1. The van der Waals surface area contributed by atoms with Gasteiger partial charge in [-0.25, -0.2) is 8.78 Å². The van der Waals surface area contributed by atoms with E-state index in [0.717, 1.165) is 23.9 Å². The molecule has 2 heterocycles. The molecule has 1 aliphatic heterocycles. The summed E-state index contributed by atoms with van der Waals surface area (Å²) in [6.45, 7) is 0.262. The fourth-order valence-corrected chi connectivity index (χ4v) is 4.17. The lowest BCUT2D eigenvalue weighted by Gasteiger charge is -2.30. The van der Waals surface area contributed by atoms with E-state index in [1.165, 1.54) is 29.4 Å². The van der Waals surface area contributed by atoms with Crippen molar-refractivity contribution in [3.63, 3.8) is 0 Å². The molecule has 1 amide bonds. The van der Waals surface area contributed by atoms with Gasteiger partial charge in [0, 0.05) is 36.9 Å². The van der Waals surface area contributed by atoms with Crippen molar-refractivity contribution in [1.29, 1.82) is 0 Å². The lowest BCUT2D eigenvalue weighted by Crippen LogP contribution is -2.36. The second-order valence-electron chi connectivity index (χ2n) is 6.71. The van der Waals surface area contributed by atoms with Gasteiger partial charge in [0.25, 0.3) is 11.6 Å². The molecule has 2 aromatic carbocycles. The quantitative estimate of drug-likeness (QED) is 0.461. The van der Waals surface area contributed by atoms with Gasteiger partial charge < -0.3 is 9.47 Å². The zero-order valence-corrected chi connectivity index (χ0v) is 16.5. The van der Waals surface area contributed by atoms with E-state index in [-0.39, 0.29) is 29.0 Å². The van der Waals surface area contributed by atoms with E-state index in [4.69, 9.17) is 0 Å². The van der Waals surface area contributed by atoms with Crippen LogP contribution in [0.25, 0.3) is 0 Å². The van der Waals surface area contributed by atoms with Crippen LogP contribution < -0.4 is 4.90 Å². The summed E-state index contributed by atoms with van der Waals surface area (Å²) in [5.74, 6) is -2.05. The largest absolute Gasteiger partial charge is 0.311 e. The molecular weight excluding hydrogens is 416 g/mol. The Morgan fingerprint density at radius 3 is 2.77 bits per heavy atom. The van der Waals surface area contributed by atoms with E-state index >= 15 is 0 Å². The first kappa shape index (κ1) is 20.0. The molecule has 0 radical (unpaired) electrons. The first-order chi connectivity index (χ1) is 14.3. The molecule has 0 fully saturated rings. The number of benzene rings is 2. The SMILES string of the molecule is Cn1cnnc1Sc1ccc(C(=O)N2CCCc3c(F)cc(F)cc32)cc1[N+](=O)[O-]. The summed E-state index contributed by atoms with van der Waals surface area (Å²) in [5.41, 5.74) is 0.210. The minimum absolute atomic E-state index is 0.0570.